The summed E-state index contributed by atoms with van der Waals surface area (Å²) in [6.45, 7) is 0. The maximum atomic E-state index is 8.85. The molecule has 1 aromatic heterocycles. The molecule has 2 N–H and O–H groups in total. The number of nitrogens with zero attached hydrogens (tertiary/aromatic N) is 4. The first-order valence-corrected chi connectivity index (χ1v) is 7.68. The van der Waals surface area contributed by atoms with Gasteiger partial charge in [-0.05, 0) is 36.4 Å². The molecule has 3 rings (SSSR count). The van der Waals surface area contributed by atoms with Crippen LogP contribution in [-0.2, 0) is 0 Å². The third kappa shape index (κ3) is 3.96. The standard InChI is InChI=1S/C18H16N6O2/c1-25-14-7-8-16(26-2)15(9-14)22-18-23-17(11-20-24-18)21-13-5-3-12(10-19)4-6-13/h3-9,11H,1-2H3,(H2,21,22,23,24). The van der Waals surface area contributed by atoms with E-state index in [4.69, 9.17) is 14.7 Å². The number of aromatic nitrogens is 3. The van der Waals surface area contributed by atoms with Crippen molar-refractivity contribution in [2.24, 2.45) is 0 Å². The van der Waals surface area contributed by atoms with Crippen LogP contribution in [0.3, 0.4) is 0 Å². The summed E-state index contributed by atoms with van der Waals surface area (Å²) in [4.78, 5) is 4.38. The Morgan fingerprint density at radius 1 is 1.00 bits per heavy atom. The molecule has 0 fully saturated rings. The Kier molecular flexibility index (Phi) is 5.10. The third-order valence-electron chi connectivity index (χ3n) is 3.50. The zero-order valence-electron chi connectivity index (χ0n) is 14.2. The molecule has 0 radical (unpaired) electrons. The summed E-state index contributed by atoms with van der Waals surface area (Å²) >= 11 is 0. The van der Waals surface area contributed by atoms with E-state index in [2.05, 4.69) is 31.9 Å². The summed E-state index contributed by atoms with van der Waals surface area (Å²) in [7, 11) is 3.17. The van der Waals surface area contributed by atoms with Crippen LogP contribution >= 0.6 is 0 Å². The minimum Gasteiger partial charge on any atom is -0.497 e. The van der Waals surface area contributed by atoms with Crippen LogP contribution in [0.25, 0.3) is 0 Å². The van der Waals surface area contributed by atoms with Gasteiger partial charge in [0.1, 0.15) is 11.5 Å². The van der Waals surface area contributed by atoms with Crippen molar-refractivity contribution in [2.75, 3.05) is 24.9 Å². The highest BCUT2D eigenvalue weighted by Crippen LogP contribution is 2.30. The zero-order valence-corrected chi connectivity index (χ0v) is 14.2. The number of rotatable bonds is 6. The molecule has 0 saturated heterocycles. The van der Waals surface area contributed by atoms with Crippen molar-refractivity contribution in [3.8, 4) is 17.6 Å². The number of anilines is 4. The summed E-state index contributed by atoms with van der Waals surface area (Å²) in [5.41, 5.74) is 2.03. The molecule has 0 aliphatic rings. The van der Waals surface area contributed by atoms with Gasteiger partial charge in [-0.3, -0.25) is 0 Å². The molecule has 0 aliphatic carbocycles. The maximum Gasteiger partial charge on any atom is 0.249 e. The number of nitrogens with one attached hydrogen (secondary N) is 2. The average molecular weight is 348 g/mol. The molecule has 0 unspecified atom stereocenters. The first-order chi connectivity index (χ1) is 12.7. The molecule has 0 aliphatic heterocycles. The fourth-order valence-electron chi connectivity index (χ4n) is 2.22. The van der Waals surface area contributed by atoms with E-state index in [0.29, 0.717) is 34.5 Å². The smallest absolute Gasteiger partial charge is 0.249 e. The molecule has 8 nitrogen and oxygen atoms in total. The molecule has 0 spiro atoms. The van der Waals surface area contributed by atoms with Crippen molar-refractivity contribution >= 4 is 23.1 Å². The van der Waals surface area contributed by atoms with Gasteiger partial charge in [-0.15, -0.1) is 5.10 Å². The largest absolute Gasteiger partial charge is 0.497 e. The molecule has 26 heavy (non-hydrogen) atoms. The van der Waals surface area contributed by atoms with Gasteiger partial charge >= 0.3 is 0 Å². The molecule has 0 amide bonds. The predicted molar refractivity (Wildman–Crippen MR) is 97.1 cm³/mol. The van der Waals surface area contributed by atoms with Gasteiger partial charge in [0.2, 0.25) is 5.95 Å². The second kappa shape index (κ2) is 7.81. The Morgan fingerprint density at radius 2 is 1.81 bits per heavy atom. The van der Waals surface area contributed by atoms with Crippen molar-refractivity contribution in [1.29, 1.82) is 5.26 Å². The number of benzene rings is 2. The van der Waals surface area contributed by atoms with Crippen LogP contribution < -0.4 is 20.1 Å². The highest BCUT2D eigenvalue weighted by atomic mass is 16.5. The second-order valence-electron chi connectivity index (χ2n) is 5.17. The lowest BCUT2D eigenvalue weighted by atomic mass is 10.2. The summed E-state index contributed by atoms with van der Waals surface area (Å²) < 4.78 is 10.6. The van der Waals surface area contributed by atoms with E-state index in [1.807, 2.05) is 0 Å². The molecule has 0 saturated carbocycles. The first-order valence-electron chi connectivity index (χ1n) is 7.68. The summed E-state index contributed by atoms with van der Waals surface area (Å²) in [5, 5.41) is 23.0. The van der Waals surface area contributed by atoms with Crippen LogP contribution in [0.1, 0.15) is 5.56 Å². The predicted octanol–water partition coefficient (Wildman–Crippen LogP) is 3.25. The van der Waals surface area contributed by atoms with Crippen LogP contribution in [0.4, 0.5) is 23.1 Å². The molecule has 1 heterocycles. The van der Waals surface area contributed by atoms with Crippen LogP contribution in [-0.4, -0.2) is 29.4 Å². The van der Waals surface area contributed by atoms with Crippen molar-refractivity contribution < 1.29 is 9.47 Å². The van der Waals surface area contributed by atoms with Gasteiger partial charge in [-0.25, -0.2) is 0 Å². The van der Waals surface area contributed by atoms with Gasteiger partial charge in [0.15, 0.2) is 5.82 Å². The van der Waals surface area contributed by atoms with Gasteiger partial charge in [0, 0.05) is 11.8 Å². The zero-order chi connectivity index (χ0) is 18.4. The summed E-state index contributed by atoms with van der Waals surface area (Å²) in [5.74, 6) is 2.11. The Morgan fingerprint density at radius 3 is 2.50 bits per heavy atom. The highest BCUT2D eigenvalue weighted by molar-refractivity contribution is 5.66. The van der Waals surface area contributed by atoms with Gasteiger partial charge in [0.05, 0.1) is 37.7 Å². The quantitative estimate of drug-likeness (QED) is 0.699. The monoisotopic (exact) mass is 348 g/mol. The second-order valence-corrected chi connectivity index (χ2v) is 5.17. The molecule has 2 aromatic carbocycles. The maximum absolute atomic E-state index is 8.85. The lowest BCUT2D eigenvalue weighted by Gasteiger charge is -2.12. The van der Waals surface area contributed by atoms with Crippen molar-refractivity contribution in [1.82, 2.24) is 15.2 Å². The Bertz CT molecular complexity index is 937. The summed E-state index contributed by atoms with van der Waals surface area (Å²) in [6.07, 6.45) is 1.51. The molecule has 130 valence electrons. The number of hydrogen-bond donors (Lipinski definition) is 2. The van der Waals surface area contributed by atoms with Gasteiger partial charge in [-0.2, -0.15) is 15.3 Å². The fraction of sp³-hybridized carbons (Fsp3) is 0.111. The average Bonchev–Trinajstić information content (AvgIpc) is 2.69. The lowest BCUT2D eigenvalue weighted by Crippen LogP contribution is -2.03. The molecule has 3 aromatic rings. The molecular weight excluding hydrogens is 332 g/mol. The lowest BCUT2D eigenvalue weighted by molar-refractivity contribution is 0.405. The van der Waals surface area contributed by atoms with Crippen LogP contribution in [0.15, 0.2) is 48.7 Å². The number of methoxy groups -OCH3 is 2. The van der Waals surface area contributed by atoms with E-state index in [1.54, 1.807) is 56.7 Å². The molecular formula is C18H16N6O2. The number of nitriles is 1. The van der Waals surface area contributed by atoms with Crippen molar-refractivity contribution in [2.45, 2.75) is 0 Å². The van der Waals surface area contributed by atoms with E-state index in [-0.39, 0.29) is 0 Å². The molecule has 0 atom stereocenters. The number of hydrogen-bond acceptors (Lipinski definition) is 8. The van der Waals surface area contributed by atoms with Crippen molar-refractivity contribution in [3.05, 3.63) is 54.2 Å². The van der Waals surface area contributed by atoms with E-state index >= 15 is 0 Å². The molecule has 0 bridgehead atoms. The normalized spacial score (nSPS) is 9.88. The van der Waals surface area contributed by atoms with Gasteiger partial charge in [0.25, 0.3) is 0 Å². The number of ether oxygens (including phenoxy) is 2. The third-order valence-corrected chi connectivity index (χ3v) is 3.50. The minimum atomic E-state index is 0.301. The summed E-state index contributed by atoms with van der Waals surface area (Å²) in [6, 6.07) is 14.5. The minimum absolute atomic E-state index is 0.301. The van der Waals surface area contributed by atoms with E-state index in [1.165, 1.54) is 6.20 Å². The fourth-order valence-corrected chi connectivity index (χ4v) is 2.22. The molecule has 8 heteroatoms. The van der Waals surface area contributed by atoms with E-state index < -0.39 is 0 Å². The van der Waals surface area contributed by atoms with Gasteiger partial charge in [-0.1, -0.05) is 0 Å². The van der Waals surface area contributed by atoms with Crippen LogP contribution in [0.2, 0.25) is 0 Å². The van der Waals surface area contributed by atoms with Gasteiger partial charge < -0.3 is 20.1 Å². The Balaban J connectivity index is 1.80. The van der Waals surface area contributed by atoms with E-state index in [9.17, 15) is 0 Å². The topological polar surface area (TPSA) is 105 Å². The SMILES string of the molecule is COc1ccc(OC)c(Nc2nncc(Nc3ccc(C#N)cc3)n2)c1. The van der Waals surface area contributed by atoms with Crippen LogP contribution in [0, 0.1) is 11.3 Å². The highest BCUT2D eigenvalue weighted by Gasteiger charge is 2.08. The Labute approximate surface area is 150 Å². The van der Waals surface area contributed by atoms with E-state index in [0.717, 1.165) is 5.69 Å². The first kappa shape index (κ1) is 17.0. The Hall–Kier alpha value is -3.86. The van der Waals surface area contributed by atoms with Crippen LogP contribution in [0.5, 0.6) is 11.5 Å². The van der Waals surface area contributed by atoms with Crippen molar-refractivity contribution in [3.63, 3.8) is 0 Å².